The van der Waals surface area contributed by atoms with Gasteiger partial charge in [-0.15, -0.1) is 0 Å². The topological polar surface area (TPSA) is 58.6 Å². The number of amides is 1. The van der Waals surface area contributed by atoms with Gasteiger partial charge in [0.2, 0.25) is 0 Å². The molecule has 2 saturated heterocycles. The fourth-order valence-electron chi connectivity index (χ4n) is 4.44. The normalized spacial score (nSPS) is 18.4. The van der Waals surface area contributed by atoms with E-state index < -0.39 is 11.6 Å². The van der Waals surface area contributed by atoms with E-state index in [4.69, 9.17) is 4.74 Å². The van der Waals surface area contributed by atoms with Crippen molar-refractivity contribution in [3.63, 3.8) is 0 Å². The van der Waals surface area contributed by atoms with Crippen LogP contribution in [0.4, 0.5) is 8.78 Å². The number of hydrogen-bond acceptors (Lipinski definition) is 5. The molecule has 0 bridgehead atoms. The smallest absolute Gasteiger partial charge is 0.272 e. The molecule has 0 aliphatic carbocycles. The lowest BCUT2D eigenvalue weighted by Gasteiger charge is -2.40. The molecule has 1 aromatic heterocycles. The van der Waals surface area contributed by atoms with Gasteiger partial charge in [0.05, 0.1) is 13.2 Å². The molecular weight excluding hydrogens is 402 g/mol. The maximum Gasteiger partial charge on any atom is 0.272 e. The molecule has 0 atom stereocenters. The van der Waals surface area contributed by atoms with Crippen LogP contribution in [0.3, 0.4) is 0 Å². The highest BCUT2D eigenvalue weighted by atomic mass is 19.2. The third kappa shape index (κ3) is 5.07. The SMILES string of the molecule is Cc1c(CCc2ccc(F)c(F)c2)ncnc1C(=O)N1CCC(N2CCOCC2)CC1. The summed E-state index contributed by atoms with van der Waals surface area (Å²) < 4.78 is 32.0. The molecule has 2 aliphatic heterocycles. The zero-order chi connectivity index (χ0) is 21.8. The largest absolute Gasteiger partial charge is 0.379 e. The summed E-state index contributed by atoms with van der Waals surface area (Å²) >= 11 is 0. The van der Waals surface area contributed by atoms with E-state index in [-0.39, 0.29) is 5.91 Å². The summed E-state index contributed by atoms with van der Waals surface area (Å²) in [4.78, 5) is 26.1. The molecule has 1 aromatic carbocycles. The van der Waals surface area contributed by atoms with Crippen LogP contribution in [0.2, 0.25) is 0 Å². The molecular formula is C23H28F2N4O2. The van der Waals surface area contributed by atoms with Crippen molar-refractivity contribution in [1.82, 2.24) is 19.8 Å². The predicted octanol–water partition coefficient (Wildman–Crippen LogP) is 2.79. The van der Waals surface area contributed by atoms with Gasteiger partial charge in [0, 0.05) is 43.5 Å². The standard InChI is InChI=1S/C23H28F2N4O2/c1-16-21(5-3-17-2-4-19(24)20(25)14-17)26-15-27-22(16)23(30)29-8-6-18(7-9-29)28-10-12-31-13-11-28/h2,4,14-15,18H,3,5-13H2,1H3. The van der Waals surface area contributed by atoms with E-state index >= 15 is 0 Å². The molecule has 3 heterocycles. The fraction of sp³-hybridized carbons (Fsp3) is 0.522. The molecule has 0 saturated carbocycles. The summed E-state index contributed by atoms with van der Waals surface area (Å²) in [5.74, 6) is -1.77. The monoisotopic (exact) mass is 430 g/mol. The number of rotatable bonds is 5. The van der Waals surface area contributed by atoms with Gasteiger partial charge in [0.25, 0.3) is 5.91 Å². The van der Waals surface area contributed by atoms with E-state index in [0.717, 1.165) is 56.5 Å². The van der Waals surface area contributed by atoms with Gasteiger partial charge in [0.1, 0.15) is 12.0 Å². The number of halogens is 2. The van der Waals surface area contributed by atoms with Crippen molar-refractivity contribution in [2.45, 2.75) is 38.6 Å². The number of likely N-dealkylation sites (tertiary alicyclic amines) is 1. The van der Waals surface area contributed by atoms with Crippen molar-refractivity contribution < 1.29 is 18.3 Å². The number of carbonyl (C=O) groups excluding carboxylic acids is 1. The second kappa shape index (κ2) is 9.78. The van der Waals surface area contributed by atoms with Gasteiger partial charge in [-0.1, -0.05) is 6.07 Å². The molecule has 6 nitrogen and oxygen atoms in total. The minimum absolute atomic E-state index is 0.0607. The number of aryl methyl sites for hydroxylation is 2. The molecule has 31 heavy (non-hydrogen) atoms. The summed E-state index contributed by atoms with van der Waals surface area (Å²) in [5, 5.41) is 0. The first-order valence-corrected chi connectivity index (χ1v) is 10.9. The molecule has 2 aromatic rings. The van der Waals surface area contributed by atoms with Crippen LogP contribution in [0.25, 0.3) is 0 Å². The number of carbonyl (C=O) groups is 1. The second-order valence-corrected chi connectivity index (χ2v) is 8.21. The van der Waals surface area contributed by atoms with Gasteiger partial charge in [-0.3, -0.25) is 9.69 Å². The molecule has 166 valence electrons. The van der Waals surface area contributed by atoms with Crippen LogP contribution in [0, 0.1) is 18.6 Å². The Morgan fingerprint density at radius 2 is 1.81 bits per heavy atom. The van der Waals surface area contributed by atoms with Gasteiger partial charge >= 0.3 is 0 Å². The average Bonchev–Trinajstić information content (AvgIpc) is 2.81. The maximum absolute atomic E-state index is 13.4. The van der Waals surface area contributed by atoms with E-state index in [2.05, 4.69) is 14.9 Å². The summed E-state index contributed by atoms with van der Waals surface area (Å²) in [6, 6.07) is 4.41. The molecule has 1 amide bonds. The van der Waals surface area contributed by atoms with E-state index in [0.29, 0.717) is 43.2 Å². The number of hydrogen-bond donors (Lipinski definition) is 0. The van der Waals surface area contributed by atoms with Gasteiger partial charge in [0.15, 0.2) is 11.6 Å². The summed E-state index contributed by atoms with van der Waals surface area (Å²) in [6.45, 7) is 6.78. The van der Waals surface area contributed by atoms with Crippen molar-refractivity contribution in [3.05, 3.63) is 58.7 Å². The van der Waals surface area contributed by atoms with Crippen LogP contribution < -0.4 is 0 Å². The van der Waals surface area contributed by atoms with E-state index in [1.165, 1.54) is 12.4 Å². The van der Waals surface area contributed by atoms with Crippen molar-refractivity contribution in [2.75, 3.05) is 39.4 Å². The van der Waals surface area contributed by atoms with Gasteiger partial charge in [-0.05, 0) is 50.3 Å². The number of morpholine rings is 1. The Morgan fingerprint density at radius 1 is 1.06 bits per heavy atom. The first-order valence-electron chi connectivity index (χ1n) is 10.9. The molecule has 4 rings (SSSR count). The minimum Gasteiger partial charge on any atom is -0.379 e. The van der Waals surface area contributed by atoms with Crippen LogP contribution in [0.1, 0.15) is 40.2 Å². The molecule has 0 unspecified atom stereocenters. The number of piperidine rings is 1. The molecule has 0 radical (unpaired) electrons. The Morgan fingerprint density at radius 3 is 2.52 bits per heavy atom. The van der Waals surface area contributed by atoms with Gasteiger partial charge in [-0.25, -0.2) is 18.7 Å². The Bertz CT molecular complexity index is 926. The molecule has 8 heteroatoms. The van der Waals surface area contributed by atoms with Crippen LogP contribution in [-0.4, -0.2) is 71.1 Å². The van der Waals surface area contributed by atoms with E-state index in [1.54, 1.807) is 6.07 Å². The summed E-state index contributed by atoms with van der Waals surface area (Å²) in [7, 11) is 0. The molecule has 0 N–H and O–H groups in total. The second-order valence-electron chi connectivity index (χ2n) is 8.21. The molecule has 2 fully saturated rings. The lowest BCUT2D eigenvalue weighted by molar-refractivity contribution is 0.00151. The van der Waals surface area contributed by atoms with Crippen LogP contribution >= 0.6 is 0 Å². The van der Waals surface area contributed by atoms with E-state index in [9.17, 15) is 13.6 Å². The first kappa shape index (κ1) is 21.8. The zero-order valence-electron chi connectivity index (χ0n) is 17.8. The molecule has 0 spiro atoms. The highest BCUT2D eigenvalue weighted by Crippen LogP contribution is 2.21. The highest BCUT2D eigenvalue weighted by Gasteiger charge is 2.29. The van der Waals surface area contributed by atoms with Crippen LogP contribution in [-0.2, 0) is 17.6 Å². The average molecular weight is 430 g/mol. The Kier molecular flexibility index (Phi) is 6.87. The Balaban J connectivity index is 1.38. The highest BCUT2D eigenvalue weighted by molar-refractivity contribution is 5.93. The minimum atomic E-state index is -0.854. The molecule has 2 aliphatic rings. The summed E-state index contributed by atoms with van der Waals surface area (Å²) in [6.07, 6.45) is 4.37. The van der Waals surface area contributed by atoms with Gasteiger partial charge < -0.3 is 9.64 Å². The third-order valence-corrected chi connectivity index (χ3v) is 6.34. The number of nitrogens with zero attached hydrogens (tertiary/aromatic N) is 4. The van der Waals surface area contributed by atoms with Crippen molar-refractivity contribution in [1.29, 1.82) is 0 Å². The number of ether oxygens (including phenoxy) is 1. The van der Waals surface area contributed by atoms with Crippen molar-refractivity contribution in [2.24, 2.45) is 0 Å². The van der Waals surface area contributed by atoms with Crippen LogP contribution in [0.15, 0.2) is 24.5 Å². The fourth-order valence-corrected chi connectivity index (χ4v) is 4.44. The number of aromatic nitrogens is 2. The van der Waals surface area contributed by atoms with Crippen molar-refractivity contribution in [3.8, 4) is 0 Å². The Labute approximate surface area is 181 Å². The summed E-state index contributed by atoms with van der Waals surface area (Å²) in [5.41, 5.74) is 2.63. The predicted molar refractivity (Wildman–Crippen MR) is 112 cm³/mol. The lowest BCUT2D eigenvalue weighted by Crippen LogP contribution is -2.50. The Hall–Kier alpha value is -2.45. The van der Waals surface area contributed by atoms with Gasteiger partial charge in [-0.2, -0.15) is 0 Å². The first-order chi connectivity index (χ1) is 15.0. The lowest BCUT2D eigenvalue weighted by atomic mass is 10.0. The van der Waals surface area contributed by atoms with E-state index in [1.807, 2.05) is 11.8 Å². The van der Waals surface area contributed by atoms with Crippen molar-refractivity contribution >= 4 is 5.91 Å². The quantitative estimate of drug-likeness (QED) is 0.730. The number of benzene rings is 1. The maximum atomic E-state index is 13.4. The third-order valence-electron chi connectivity index (χ3n) is 6.34. The zero-order valence-corrected chi connectivity index (χ0v) is 17.8. The van der Waals surface area contributed by atoms with Crippen LogP contribution in [0.5, 0.6) is 0 Å².